The molecular formula is C46H57F2N13O5. The van der Waals surface area contributed by atoms with Gasteiger partial charge in [0.2, 0.25) is 11.8 Å². The highest BCUT2D eigenvalue weighted by Crippen LogP contribution is 2.37. The van der Waals surface area contributed by atoms with E-state index in [0.29, 0.717) is 36.0 Å². The number of para-hydroxylation sites is 1. The number of imidazole rings is 1. The van der Waals surface area contributed by atoms with Gasteiger partial charge < -0.3 is 29.7 Å². The largest absolute Gasteiger partial charge is 0.374 e. The van der Waals surface area contributed by atoms with Crippen molar-refractivity contribution in [3.8, 4) is 0 Å². The lowest BCUT2D eigenvalue weighted by Crippen LogP contribution is -2.50. The fourth-order valence-corrected chi connectivity index (χ4v) is 11.6. The van der Waals surface area contributed by atoms with Crippen molar-refractivity contribution in [3.63, 3.8) is 0 Å². The number of aromatic nitrogens is 7. The molecule has 2 N–H and O–H groups in total. The van der Waals surface area contributed by atoms with E-state index in [9.17, 15) is 28.0 Å². The number of carbonyl (C=O) groups excluding carboxylic acids is 3. The highest BCUT2D eigenvalue weighted by atomic mass is 19.3. The quantitative estimate of drug-likeness (QED) is 0.183. The number of morpholine rings is 1. The normalized spacial score (nSPS) is 25.8. The van der Waals surface area contributed by atoms with Crippen LogP contribution in [0.4, 0.5) is 26.0 Å². The number of fused-ring (bicyclic) bond motifs is 4. The molecule has 0 spiro atoms. The number of nitrogens with zero attached hydrogens (tertiary/aromatic N) is 11. The minimum atomic E-state index is -2.85. The Kier molecular flexibility index (Phi) is 11.4. The Morgan fingerprint density at radius 2 is 1.67 bits per heavy atom. The molecule has 11 rings (SSSR count). The first-order valence-corrected chi connectivity index (χ1v) is 23.7. The number of nitrogens with one attached hydrogen (secondary N) is 2. The van der Waals surface area contributed by atoms with E-state index in [1.165, 1.54) is 10.7 Å². The fraction of sp³-hybridized carbons (Fsp3) is 0.587. The van der Waals surface area contributed by atoms with Crippen molar-refractivity contribution in [2.75, 3.05) is 80.6 Å². The SMILES string of the molecule is Cn1c(=O)n(C2CCC(=O)NC2=O)c2cccc(N3CCC(CN4CCN(C[C@H]5CC[C@H](n6cc(NC(=O)c7cnn8ccc(N9C[C@H]%10C[C@@H]9CO%10)nc78)c(C(F)F)n6)CC5)CC4)CC3)c21. The van der Waals surface area contributed by atoms with Gasteiger partial charge in [0.25, 0.3) is 12.3 Å². The maximum absolute atomic E-state index is 14.3. The van der Waals surface area contributed by atoms with Crippen LogP contribution in [0.2, 0.25) is 0 Å². The second kappa shape index (κ2) is 17.5. The third-order valence-corrected chi connectivity index (χ3v) is 15.3. The van der Waals surface area contributed by atoms with Gasteiger partial charge in [0, 0.05) is 84.8 Å². The topological polar surface area (TPSA) is 172 Å². The van der Waals surface area contributed by atoms with E-state index >= 15 is 0 Å². The molecule has 3 amide bonds. The first-order valence-electron chi connectivity index (χ1n) is 23.7. The van der Waals surface area contributed by atoms with Crippen molar-refractivity contribution in [1.29, 1.82) is 0 Å². The third-order valence-electron chi connectivity index (χ3n) is 15.3. The Bertz CT molecular complexity index is 2710. The van der Waals surface area contributed by atoms with E-state index < -0.39 is 30.0 Å². The van der Waals surface area contributed by atoms with E-state index in [0.717, 1.165) is 121 Å². The molecule has 2 bridgehead atoms. The second-order valence-electron chi connectivity index (χ2n) is 19.3. The van der Waals surface area contributed by atoms with E-state index in [1.54, 1.807) is 33.3 Å². The summed E-state index contributed by atoms with van der Waals surface area (Å²) in [5, 5.41) is 13.7. The average Bonchev–Trinajstić information content (AvgIpc) is 4.18. The maximum atomic E-state index is 14.3. The molecule has 18 nitrogen and oxygen atoms in total. The third kappa shape index (κ3) is 8.03. The van der Waals surface area contributed by atoms with Gasteiger partial charge in [0.15, 0.2) is 11.3 Å². The Morgan fingerprint density at radius 1 is 0.924 bits per heavy atom. The summed E-state index contributed by atoms with van der Waals surface area (Å²) in [4.78, 5) is 66.1. The Hall–Kier alpha value is -5.73. The lowest BCUT2D eigenvalue weighted by atomic mass is 9.85. The van der Waals surface area contributed by atoms with Crippen molar-refractivity contribution in [1.82, 2.24) is 48.6 Å². The van der Waals surface area contributed by atoms with Crippen LogP contribution in [0.5, 0.6) is 0 Å². The fourth-order valence-electron chi connectivity index (χ4n) is 11.6. The molecule has 4 aromatic heterocycles. The van der Waals surface area contributed by atoms with Crippen molar-refractivity contribution in [3.05, 3.63) is 64.6 Å². The van der Waals surface area contributed by atoms with Gasteiger partial charge in [-0.05, 0) is 81.4 Å². The number of hydrogen-bond donors (Lipinski definition) is 2. The lowest BCUT2D eigenvalue weighted by Gasteiger charge is -2.41. The number of aryl methyl sites for hydroxylation is 1. The van der Waals surface area contributed by atoms with Crippen molar-refractivity contribution in [2.45, 2.75) is 88.4 Å². The lowest BCUT2D eigenvalue weighted by molar-refractivity contribution is -0.135. The smallest absolute Gasteiger partial charge is 0.329 e. The number of piperidine rings is 2. The summed E-state index contributed by atoms with van der Waals surface area (Å²) in [5.74, 6) is 0.570. The predicted octanol–water partition coefficient (Wildman–Crippen LogP) is 3.99. The zero-order chi connectivity index (χ0) is 45.2. The number of ether oxygens (including phenoxy) is 1. The zero-order valence-electron chi connectivity index (χ0n) is 37.2. The molecule has 5 aromatic rings. The molecule has 3 atom stereocenters. The number of anilines is 3. The number of rotatable bonds is 11. The Balaban J connectivity index is 0.646. The van der Waals surface area contributed by atoms with Crippen LogP contribution < -0.4 is 26.1 Å². The number of hydrogen-bond acceptors (Lipinski definition) is 12. The molecule has 66 heavy (non-hydrogen) atoms. The van der Waals surface area contributed by atoms with Crippen molar-refractivity contribution < 1.29 is 27.9 Å². The van der Waals surface area contributed by atoms with Gasteiger partial charge in [-0.2, -0.15) is 10.2 Å². The summed E-state index contributed by atoms with van der Waals surface area (Å²) in [7, 11) is 1.76. The van der Waals surface area contributed by atoms with Crippen LogP contribution in [0.3, 0.4) is 0 Å². The molecule has 1 aliphatic carbocycles. The highest BCUT2D eigenvalue weighted by molar-refractivity contribution is 6.08. The van der Waals surface area contributed by atoms with Crippen LogP contribution in [-0.2, 0) is 21.4 Å². The second-order valence-corrected chi connectivity index (χ2v) is 19.3. The van der Waals surface area contributed by atoms with Gasteiger partial charge in [0.1, 0.15) is 17.4 Å². The minimum absolute atomic E-state index is 0.00928. The van der Waals surface area contributed by atoms with Crippen molar-refractivity contribution >= 4 is 51.6 Å². The summed E-state index contributed by atoms with van der Waals surface area (Å²) in [6, 6.07) is 7.30. The molecule has 5 aliphatic heterocycles. The average molecular weight is 910 g/mol. The predicted molar refractivity (Wildman–Crippen MR) is 241 cm³/mol. The Labute approximate surface area is 379 Å². The maximum Gasteiger partial charge on any atom is 0.329 e. The first kappa shape index (κ1) is 42.9. The van der Waals surface area contributed by atoms with Crippen LogP contribution in [0.15, 0.2) is 47.7 Å². The van der Waals surface area contributed by atoms with Crippen LogP contribution in [0.1, 0.15) is 92.3 Å². The number of piperazine rings is 1. The van der Waals surface area contributed by atoms with Gasteiger partial charge in [-0.15, -0.1) is 0 Å². The standard InChI is InChI=1S/C46H57F2N13O5/c1-54-41-35(3-2-4-36(41)61(46(54)65)37-9-10-39(62)52-45(37)64)57-14-11-29(12-15-57)24-56-19-17-55(18-20-56)23-28-5-7-30(8-6-28)60-26-34(40(53-60)42(47)48)50-44(63)33-22-49-59-16-13-38(51-43(33)59)58-25-32-21-31(58)27-66-32/h2-4,13,16,22,26,28-32,37,42H,5-12,14-15,17-21,23-25,27H2,1H3,(H,50,63)(H,52,62,64)/t28-,30-,31-,32-,37?/m1/s1. The van der Waals surface area contributed by atoms with Crippen LogP contribution >= 0.6 is 0 Å². The molecule has 0 radical (unpaired) electrons. The van der Waals surface area contributed by atoms with Crippen LogP contribution in [0.25, 0.3) is 16.7 Å². The van der Waals surface area contributed by atoms with Crippen LogP contribution in [-0.4, -0.2) is 139 Å². The molecule has 6 fully saturated rings. The van der Waals surface area contributed by atoms with Gasteiger partial charge >= 0.3 is 5.69 Å². The number of halogens is 2. The van der Waals surface area contributed by atoms with Gasteiger partial charge in [-0.3, -0.25) is 33.5 Å². The number of benzene rings is 1. The highest BCUT2D eigenvalue weighted by Gasteiger charge is 2.40. The summed E-state index contributed by atoms with van der Waals surface area (Å²) >= 11 is 0. The molecule has 6 aliphatic rings. The van der Waals surface area contributed by atoms with Crippen molar-refractivity contribution in [2.24, 2.45) is 18.9 Å². The minimum Gasteiger partial charge on any atom is -0.374 e. The van der Waals surface area contributed by atoms with Crippen LogP contribution in [0, 0.1) is 11.8 Å². The molecule has 9 heterocycles. The summed E-state index contributed by atoms with van der Waals surface area (Å²) in [6.07, 6.45) is 9.31. The molecular weight excluding hydrogens is 853 g/mol. The molecule has 20 heteroatoms. The van der Waals surface area contributed by atoms with E-state index in [4.69, 9.17) is 9.72 Å². The van der Waals surface area contributed by atoms with Gasteiger partial charge in [0.05, 0.1) is 53.4 Å². The number of carbonyl (C=O) groups is 3. The molecule has 1 saturated carbocycles. The summed E-state index contributed by atoms with van der Waals surface area (Å²) < 4.78 is 40.8. The molecule has 5 saturated heterocycles. The van der Waals surface area contributed by atoms with E-state index in [1.807, 2.05) is 18.2 Å². The summed E-state index contributed by atoms with van der Waals surface area (Å²) in [5.41, 5.74) is 2.43. The first-order chi connectivity index (χ1) is 32.0. The van der Waals surface area contributed by atoms with E-state index in [-0.39, 0.29) is 47.5 Å². The number of alkyl halides is 2. The number of amides is 3. The molecule has 1 unspecified atom stereocenters. The molecule has 1 aromatic carbocycles. The van der Waals surface area contributed by atoms with Gasteiger partial charge in [-0.25, -0.2) is 23.1 Å². The number of imide groups is 1. The summed E-state index contributed by atoms with van der Waals surface area (Å²) in [6.45, 7) is 9.38. The molecule has 350 valence electrons. The Morgan fingerprint density at radius 3 is 2.35 bits per heavy atom. The zero-order valence-corrected chi connectivity index (χ0v) is 37.2. The monoisotopic (exact) mass is 909 g/mol. The van der Waals surface area contributed by atoms with E-state index in [2.05, 4.69) is 46.5 Å². The van der Waals surface area contributed by atoms with Gasteiger partial charge in [-0.1, -0.05) is 6.07 Å².